The van der Waals surface area contributed by atoms with Crippen LogP contribution in [-0.2, 0) is 22.7 Å². The number of imide groups is 1. The number of carbonyl (C=O) groups excluding carboxylic acids is 2. The van der Waals surface area contributed by atoms with Gasteiger partial charge < -0.3 is 0 Å². The highest BCUT2D eigenvalue weighted by atomic mass is 35.5. The fourth-order valence-electron chi connectivity index (χ4n) is 1.95. The highest BCUT2D eigenvalue weighted by Crippen LogP contribution is 2.22. The Balaban J connectivity index is 2.27. The summed E-state index contributed by atoms with van der Waals surface area (Å²) in [6.07, 6.45) is 0. The summed E-state index contributed by atoms with van der Waals surface area (Å²) in [4.78, 5) is 24.6. The van der Waals surface area contributed by atoms with Gasteiger partial charge in [-0.1, -0.05) is 11.6 Å². The molecule has 1 N–H and O–H groups in total. The van der Waals surface area contributed by atoms with E-state index in [1.54, 1.807) is 11.6 Å². The van der Waals surface area contributed by atoms with E-state index in [1.165, 1.54) is 4.90 Å². The van der Waals surface area contributed by atoms with Crippen molar-refractivity contribution in [3.05, 3.63) is 16.4 Å². The van der Waals surface area contributed by atoms with Gasteiger partial charge >= 0.3 is 0 Å². The largest absolute Gasteiger partial charge is 0.300 e. The number of rotatable bonds is 3. The first-order valence-electron chi connectivity index (χ1n) is 5.80. The molecule has 0 aromatic carbocycles. The first-order valence-corrected chi connectivity index (χ1v) is 6.18. The molecule has 1 fully saturated rings. The molecule has 0 bridgehead atoms. The number of halogens is 1. The normalized spacial score (nSPS) is 16.5. The number of amides is 2. The predicted molar refractivity (Wildman–Crippen MR) is 66.1 cm³/mol. The van der Waals surface area contributed by atoms with Gasteiger partial charge in [0.15, 0.2) is 0 Å². The Morgan fingerprint density at radius 2 is 1.94 bits per heavy atom. The van der Waals surface area contributed by atoms with Crippen LogP contribution in [0.4, 0.5) is 0 Å². The first kappa shape index (κ1) is 13.0. The fraction of sp³-hybridized carbons (Fsp3) is 0.545. The molecule has 0 unspecified atom stereocenters. The molecular formula is C11H15ClN4O2. The number of aromatic nitrogens is 2. The summed E-state index contributed by atoms with van der Waals surface area (Å²) in [6, 6.07) is 0. The zero-order valence-corrected chi connectivity index (χ0v) is 11.1. The monoisotopic (exact) mass is 270 g/mol. The quantitative estimate of drug-likeness (QED) is 0.804. The zero-order valence-electron chi connectivity index (χ0n) is 10.4. The Kier molecular flexibility index (Phi) is 3.68. The van der Waals surface area contributed by atoms with Gasteiger partial charge in [-0.3, -0.25) is 24.5 Å². The third-order valence-corrected chi connectivity index (χ3v) is 3.41. The number of carbonyl (C=O) groups is 2. The molecule has 0 spiro atoms. The second-order valence-electron chi connectivity index (χ2n) is 4.14. The molecule has 0 radical (unpaired) electrons. The molecule has 1 aromatic rings. The van der Waals surface area contributed by atoms with Gasteiger partial charge in [0, 0.05) is 6.54 Å². The molecule has 1 aliphatic heterocycles. The van der Waals surface area contributed by atoms with Crippen molar-refractivity contribution in [3.8, 4) is 0 Å². The van der Waals surface area contributed by atoms with Gasteiger partial charge in [-0.05, 0) is 13.8 Å². The van der Waals surface area contributed by atoms with Crippen LogP contribution in [0.2, 0.25) is 5.02 Å². The van der Waals surface area contributed by atoms with E-state index >= 15 is 0 Å². The van der Waals surface area contributed by atoms with Gasteiger partial charge in [-0.15, -0.1) is 0 Å². The minimum atomic E-state index is -0.233. The van der Waals surface area contributed by atoms with E-state index in [0.717, 1.165) is 0 Å². The van der Waals surface area contributed by atoms with E-state index in [2.05, 4.69) is 10.4 Å². The fourth-order valence-corrected chi connectivity index (χ4v) is 2.15. The number of hydrogen-bond acceptors (Lipinski definition) is 4. The average molecular weight is 271 g/mol. The third-order valence-electron chi connectivity index (χ3n) is 2.92. The molecule has 7 heteroatoms. The Bertz CT molecular complexity index is 481. The maximum absolute atomic E-state index is 11.7. The molecule has 18 heavy (non-hydrogen) atoms. The average Bonchev–Trinajstić information content (AvgIpc) is 2.61. The molecule has 0 saturated carbocycles. The van der Waals surface area contributed by atoms with Gasteiger partial charge in [0.25, 0.3) is 0 Å². The van der Waals surface area contributed by atoms with Crippen molar-refractivity contribution in [2.75, 3.05) is 13.1 Å². The van der Waals surface area contributed by atoms with Crippen molar-refractivity contribution in [3.63, 3.8) is 0 Å². The van der Waals surface area contributed by atoms with E-state index in [-0.39, 0.29) is 31.4 Å². The lowest BCUT2D eigenvalue weighted by molar-refractivity contribution is -0.147. The van der Waals surface area contributed by atoms with E-state index in [0.29, 0.717) is 23.0 Å². The molecule has 1 saturated heterocycles. The summed E-state index contributed by atoms with van der Waals surface area (Å²) < 4.78 is 1.72. The van der Waals surface area contributed by atoms with Crippen LogP contribution >= 0.6 is 11.6 Å². The van der Waals surface area contributed by atoms with Gasteiger partial charge in [-0.2, -0.15) is 5.10 Å². The van der Waals surface area contributed by atoms with Crippen LogP contribution < -0.4 is 5.32 Å². The van der Waals surface area contributed by atoms with Crippen LogP contribution in [-0.4, -0.2) is 39.6 Å². The van der Waals surface area contributed by atoms with E-state index in [9.17, 15) is 9.59 Å². The number of nitrogens with zero attached hydrogens (tertiary/aromatic N) is 3. The van der Waals surface area contributed by atoms with Crippen LogP contribution in [0.5, 0.6) is 0 Å². The lowest BCUT2D eigenvalue weighted by Gasteiger charge is -2.25. The second kappa shape index (κ2) is 5.07. The highest BCUT2D eigenvalue weighted by molar-refractivity contribution is 6.31. The maximum Gasteiger partial charge on any atom is 0.243 e. The SMILES string of the molecule is CCn1nc(C)c(Cl)c1CN1C(=O)CNCC1=O. The van der Waals surface area contributed by atoms with Crippen molar-refractivity contribution < 1.29 is 9.59 Å². The first-order chi connectivity index (χ1) is 8.54. The standard InChI is InChI=1S/C11H15ClN4O2/c1-3-16-8(11(12)7(2)14-16)6-15-9(17)4-13-5-10(15)18/h13H,3-6H2,1-2H3. The molecule has 2 rings (SSSR count). The molecule has 2 heterocycles. The molecule has 0 atom stereocenters. The Morgan fingerprint density at radius 3 is 2.50 bits per heavy atom. The van der Waals surface area contributed by atoms with Crippen LogP contribution in [0.1, 0.15) is 18.3 Å². The molecule has 6 nitrogen and oxygen atoms in total. The smallest absolute Gasteiger partial charge is 0.243 e. The molecule has 2 amide bonds. The third kappa shape index (κ3) is 2.26. The number of hydrogen-bond donors (Lipinski definition) is 1. The summed E-state index contributed by atoms with van der Waals surface area (Å²) in [5.74, 6) is -0.465. The number of aryl methyl sites for hydroxylation is 2. The van der Waals surface area contributed by atoms with Crippen molar-refractivity contribution in [2.45, 2.75) is 26.9 Å². The minimum absolute atomic E-state index is 0.183. The molecule has 1 aromatic heterocycles. The van der Waals surface area contributed by atoms with Gasteiger partial charge in [0.05, 0.1) is 36.0 Å². The Labute approximate surface area is 110 Å². The summed E-state index contributed by atoms with van der Waals surface area (Å²) in [6.45, 7) is 4.95. The highest BCUT2D eigenvalue weighted by Gasteiger charge is 2.28. The van der Waals surface area contributed by atoms with Crippen LogP contribution in [0, 0.1) is 6.92 Å². The van der Waals surface area contributed by atoms with E-state index in [4.69, 9.17) is 11.6 Å². The van der Waals surface area contributed by atoms with Crippen LogP contribution in [0.25, 0.3) is 0 Å². The number of nitrogens with one attached hydrogen (secondary N) is 1. The lowest BCUT2D eigenvalue weighted by atomic mass is 10.3. The molecule has 1 aliphatic rings. The van der Waals surface area contributed by atoms with E-state index in [1.807, 2.05) is 6.92 Å². The summed E-state index contributed by atoms with van der Waals surface area (Å²) >= 11 is 6.16. The zero-order chi connectivity index (χ0) is 13.3. The van der Waals surface area contributed by atoms with Gasteiger partial charge in [0.1, 0.15) is 0 Å². The molecular weight excluding hydrogens is 256 g/mol. The second-order valence-corrected chi connectivity index (χ2v) is 4.52. The maximum atomic E-state index is 11.7. The van der Waals surface area contributed by atoms with Crippen LogP contribution in [0.3, 0.4) is 0 Å². The Morgan fingerprint density at radius 1 is 1.33 bits per heavy atom. The van der Waals surface area contributed by atoms with Gasteiger partial charge in [0.2, 0.25) is 11.8 Å². The Hall–Kier alpha value is -1.40. The molecule has 98 valence electrons. The topological polar surface area (TPSA) is 67.2 Å². The van der Waals surface area contributed by atoms with Crippen LogP contribution in [0.15, 0.2) is 0 Å². The van der Waals surface area contributed by atoms with E-state index < -0.39 is 0 Å². The van der Waals surface area contributed by atoms with Crippen molar-refractivity contribution in [2.24, 2.45) is 0 Å². The van der Waals surface area contributed by atoms with Gasteiger partial charge in [-0.25, -0.2) is 0 Å². The summed E-state index contributed by atoms with van der Waals surface area (Å²) in [5.41, 5.74) is 1.42. The van der Waals surface area contributed by atoms with Crippen molar-refractivity contribution in [1.29, 1.82) is 0 Å². The summed E-state index contributed by atoms with van der Waals surface area (Å²) in [7, 11) is 0. The minimum Gasteiger partial charge on any atom is -0.300 e. The van der Waals surface area contributed by atoms with Crippen molar-refractivity contribution >= 4 is 23.4 Å². The van der Waals surface area contributed by atoms with Crippen molar-refractivity contribution in [1.82, 2.24) is 20.0 Å². The number of piperazine rings is 1. The summed E-state index contributed by atoms with van der Waals surface area (Å²) in [5, 5.41) is 7.54. The molecule has 0 aliphatic carbocycles. The predicted octanol–water partition coefficient (Wildman–Crippen LogP) is 0.323. The lowest BCUT2D eigenvalue weighted by Crippen LogP contribution is -2.51.